The summed E-state index contributed by atoms with van der Waals surface area (Å²) in [5.74, 6) is 0. The molecule has 0 amide bonds. The molecule has 114 valence electrons. The van der Waals surface area contributed by atoms with Crippen LogP contribution >= 0.6 is 39.7 Å². The summed E-state index contributed by atoms with van der Waals surface area (Å²) < 4.78 is 1.06. The molecule has 1 aliphatic rings. The molecule has 0 atom stereocenters. The van der Waals surface area contributed by atoms with Crippen LogP contribution < -0.4 is 4.90 Å². The van der Waals surface area contributed by atoms with Crippen LogP contribution in [0.1, 0.15) is 5.56 Å². The molecule has 1 heterocycles. The Morgan fingerprint density at radius 2 is 1.73 bits per heavy atom. The molecule has 3 rings (SSSR count). The fourth-order valence-electron chi connectivity index (χ4n) is 2.64. The molecule has 0 saturated carbocycles. The predicted octanol–water partition coefficient (Wildman–Crippen LogP) is 4.60. The minimum absolute atomic E-state index is 0.782. The van der Waals surface area contributed by atoms with Crippen LogP contribution in [0.3, 0.4) is 0 Å². The summed E-state index contributed by atoms with van der Waals surface area (Å²) in [6, 6.07) is 16.2. The van der Waals surface area contributed by atoms with E-state index >= 15 is 0 Å². The second kappa shape index (κ2) is 6.99. The van der Waals surface area contributed by atoms with Crippen molar-refractivity contribution in [3.63, 3.8) is 0 Å². The number of hydrogen-bond donors (Lipinski definition) is 0. The molecule has 5 heteroatoms. The Bertz CT molecular complexity index is 684. The molecule has 0 bridgehead atoms. The lowest BCUT2D eigenvalue weighted by Gasteiger charge is -2.37. The summed E-state index contributed by atoms with van der Waals surface area (Å²) in [4.78, 5) is 5.55. The molecule has 2 aromatic rings. The van der Waals surface area contributed by atoms with Gasteiger partial charge >= 0.3 is 0 Å². The largest absolute Gasteiger partial charge is 0.368 e. The van der Waals surface area contributed by atoms with Gasteiger partial charge in [-0.3, -0.25) is 0 Å². The van der Waals surface area contributed by atoms with Crippen molar-refractivity contribution in [2.24, 2.45) is 0 Å². The number of thiocarbonyl (C=S) groups is 1. The van der Waals surface area contributed by atoms with E-state index in [1.54, 1.807) is 0 Å². The first-order valence-electron chi connectivity index (χ1n) is 7.19. The van der Waals surface area contributed by atoms with Gasteiger partial charge in [0.25, 0.3) is 0 Å². The lowest BCUT2D eigenvalue weighted by atomic mass is 10.2. The van der Waals surface area contributed by atoms with Crippen LogP contribution in [0.25, 0.3) is 0 Å². The number of nitrogens with zero attached hydrogens (tertiary/aromatic N) is 2. The molecule has 0 aliphatic carbocycles. The van der Waals surface area contributed by atoms with Crippen LogP contribution in [0, 0.1) is 0 Å². The molecule has 2 aromatic carbocycles. The summed E-state index contributed by atoms with van der Waals surface area (Å²) in [6.45, 7) is 3.76. The standard InChI is InChI=1S/C17H16BrClN2S/c18-14-4-1-3-13(11-14)17(22)21-9-7-20(8-10-21)16-6-2-5-15(19)12-16/h1-6,11-12H,7-10H2. The van der Waals surface area contributed by atoms with E-state index in [-0.39, 0.29) is 0 Å². The Balaban J connectivity index is 1.65. The van der Waals surface area contributed by atoms with E-state index in [4.69, 9.17) is 23.8 Å². The van der Waals surface area contributed by atoms with Crippen molar-refractivity contribution in [1.29, 1.82) is 0 Å². The topological polar surface area (TPSA) is 6.48 Å². The van der Waals surface area contributed by atoms with Gasteiger partial charge in [-0.15, -0.1) is 0 Å². The Hall–Kier alpha value is -1.10. The summed E-state index contributed by atoms with van der Waals surface area (Å²) in [6.07, 6.45) is 0. The zero-order valence-electron chi connectivity index (χ0n) is 12.0. The zero-order chi connectivity index (χ0) is 15.5. The Labute approximate surface area is 149 Å². The fourth-order valence-corrected chi connectivity index (χ4v) is 3.54. The highest BCUT2D eigenvalue weighted by Crippen LogP contribution is 2.22. The number of anilines is 1. The van der Waals surface area contributed by atoms with Crippen LogP contribution in [0.4, 0.5) is 5.69 Å². The summed E-state index contributed by atoms with van der Waals surface area (Å²) in [5.41, 5.74) is 2.28. The molecule has 0 unspecified atom stereocenters. The van der Waals surface area contributed by atoms with E-state index in [2.05, 4.69) is 43.9 Å². The van der Waals surface area contributed by atoms with Gasteiger partial charge in [0, 0.05) is 46.9 Å². The zero-order valence-corrected chi connectivity index (χ0v) is 15.2. The molecule has 1 fully saturated rings. The highest BCUT2D eigenvalue weighted by molar-refractivity contribution is 9.10. The van der Waals surface area contributed by atoms with Gasteiger partial charge in [-0.05, 0) is 30.3 Å². The van der Waals surface area contributed by atoms with Crippen molar-refractivity contribution in [3.05, 3.63) is 63.6 Å². The van der Waals surface area contributed by atoms with Crippen molar-refractivity contribution in [2.45, 2.75) is 0 Å². The molecular weight excluding hydrogens is 380 g/mol. The second-order valence-corrected chi connectivity index (χ2v) is 7.01. The number of hydrogen-bond acceptors (Lipinski definition) is 2. The molecule has 0 spiro atoms. The summed E-state index contributed by atoms with van der Waals surface area (Å²) in [7, 11) is 0. The predicted molar refractivity (Wildman–Crippen MR) is 101 cm³/mol. The van der Waals surface area contributed by atoms with Crippen LogP contribution in [0.5, 0.6) is 0 Å². The van der Waals surface area contributed by atoms with Crippen molar-refractivity contribution < 1.29 is 0 Å². The maximum atomic E-state index is 6.08. The summed E-state index contributed by atoms with van der Waals surface area (Å²) >= 11 is 15.2. The quantitative estimate of drug-likeness (QED) is 0.686. The Morgan fingerprint density at radius 1 is 1.00 bits per heavy atom. The SMILES string of the molecule is S=C(c1cccc(Br)c1)N1CCN(c2cccc(Cl)c2)CC1. The van der Waals surface area contributed by atoms with Gasteiger partial charge in [0.05, 0.1) is 0 Å². The average Bonchev–Trinajstić information content (AvgIpc) is 2.54. The second-order valence-electron chi connectivity index (χ2n) is 5.27. The maximum absolute atomic E-state index is 6.08. The van der Waals surface area contributed by atoms with Gasteiger partial charge in [0.2, 0.25) is 0 Å². The van der Waals surface area contributed by atoms with Crippen LogP contribution in [-0.2, 0) is 0 Å². The minimum atomic E-state index is 0.782. The van der Waals surface area contributed by atoms with Crippen LogP contribution in [-0.4, -0.2) is 36.1 Å². The molecular formula is C17H16BrClN2S. The lowest BCUT2D eigenvalue weighted by molar-refractivity contribution is 0.392. The first-order valence-corrected chi connectivity index (χ1v) is 8.77. The highest BCUT2D eigenvalue weighted by Gasteiger charge is 2.20. The third-order valence-electron chi connectivity index (χ3n) is 3.81. The molecule has 1 saturated heterocycles. The lowest BCUT2D eigenvalue weighted by Crippen LogP contribution is -2.48. The first-order chi connectivity index (χ1) is 10.6. The first kappa shape index (κ1) is 15.8. The third-order valence-corrected chi connectivity index (χ3v) is 5.03. The smallest absolute Gasteiger partial charge is 0.109 e. The monoisotopic (exact) mass is 394 g/mol. The van der Waals surface area contributed by atoms with Gasteiger partial charge in [-0.1, -0.05) is 57.9 Å². The number of rotatable bonds is 2. The van der Waals surface area contributed by atoms with Crippen LogP contribution in [0.15, 0.2) is 53.0 Å². The van der Waals surface area contributed by atoms with Gasteiger partial charge in [0.15, 0.2) is 0 Å². The summed E-state index contributed by atoms with van der Waals surface area (Å²) in [5, 5.41) is 0.782. The average molecular weight is 396 g/mol. The number of benzene rings is 2. The van der Waals surface area contributed by atoms with Gasteiger partial charge in [-0.2, -0.15) is 0 Å². The highest BCUT2D eigenvalue weighted by atomic mass is 79.9. The van der Waals surface area contributed by atoms with E-state index < -0.39 is 0 Å². The minimum Gasteiger partial charge on any atom is -0.368 e. The Morgan fingerprint density at radius 3 is 2.41 bits per heavy atom. The van der Waals surface area contributed by atoms with E-state index in [1.807, 2.05) is 30.3 Å². The Kier molecular flexibility index (Phi) is 5.01. The number of halogens is 2. The van der Waals surface area contributed by atoms with E-state index in [9.17, 15) is 0 Å². The van der Waals surface area contributed by atoms with Crippen molar-refractivity contribution in [1.82, 2.24) is 4.90 Å². The third kappa shape index (κ3) is 3.62. The van der Waals surface area contributed by atoms with Gasteiger partial charge in [0.1, 0.15) is 4.99 Å². The van der Waals surface area contributed by atoms with E-state index in [1.165, 1.54) is 5.69 Å². The molecule has 0 radical (unpaired) electrons. The van der Waals surface area contributed by atoms with Crippen molar-refractivity contribution in [3.8, 4) is 0 Å². The molecule has 1 aliphatic heterocycles. The molecule has 0 N–H and O–H groups in total. The molecule has 2 nitrogen and oxygen atoms in total. The number of piperazine rings is 1. The maximum Gasteiger partial charge on any atom is 0.109 e. The molecule has 0 aromatic heterocycles. The van der Waals surface area contributed by atoms with Crippen molar-refractivity contribution >= 4 is 50.4 Å². The van der Waals surface area contributed by atoms with E-state index in [0.29, 0.717) is 0 Å². The van der Waals surface area contributed by atoms with Crippen LogP contribution in [0.2, 0.25) is 5.02 Å². The van der Waals surface area contributed by atoms with Gasteiger partial charge < -0.3 is 9.80 Å². The normalized spacial score (nSPS) is 15.0. The van der Waals surface area contributed by atoms with E-state index in [0.717, 1.165) is 46.2 Å². The molecule has 22 heavy (non-hydrogen) atoms. The fraction of sp³-hybridized carbons (Fsp3) is 0.235. The van der Waals surface area contributed by atoms with Gasteiger partial charge in [-0.25, -0.2) is 0 Å². The van der Waals surface area contributed by atoms with Crippen molar-refractivity contribution in [2.75, 3.05) is 31.1 Å².